The Morgan fingerprint density at radius 3 is 1.93 bits per heavy atom. The molecule has 0 saturated heterocycles. The third-order valence-electron chi connectivity index (χ3n) is 1.08. The molecular weight excluding hydrogens is 203 g/mol. The van der Waals surface area contributed by atoms with Gasteiger partial charge in [-0.1, -0.05) is 0 Å². The van der Waals surface area contributed by atoms with E-state index in [2.05, 4.69) is 9.97 Å². The van der Waals surface area contributed by atoms with Crippen molar-refractivity contribution < 1.29 is 22.4 Å². The summed E-state index contributed by atoms with van der Waals surface area (Å²) in [5.41, 5.74) is -0.844. The second-order valence-corrected chi connectivity index (χ2v) is 2.99. The van der Waals surface area contributed by atoms with Crippen LogP contribution in [0.3, 0.4) is 0 Å². The van der Waals surface area contributed by atoms with E-state index in [0.717, 1.165) is 0 Å². The maximum absolute atomic E-state index is 9.75. The predicted molar refractivity (Wildman–Crippen MR) is 44.0 cm³/mol. The largest absolute Gasteiger partial charge is 0.673 e. The highest BCUT2D eigenvalue weighted by Gasteiger charge is 2.20. The average Bonchev–Trinajstić information content (AvgIpc) is 2.28. The molecule has 1 heterocycles. The smallest absolute Gasteiger partial charge is 0.418 e. The first-order chi connectivity index (χ1) is 6.11. The molecule has 1 aromatic rings. The van der Waals surface area contributed by atoms with Gasteiger partial charge in [0.05, 0.1) is 0 Å². The van der Waals surface area contributed by atoms with Gasteiger partial charge in [0, 0.05) is 12.4 Å². The van der Waals surface area contributed by atoms with Gasteiger partial charge in [-0.05, 0) is 13.8 Å². The lowest BCUT2D eigenvalue weighted by Gasteiger charge is -2.12. The van der Waals surface area contributed by atoms with Crippen LogP contribution in [-0.2, 0) is 5.60 Å². The van der Waals surface area contributed by atoms with Crippen molar-refractivity contribution in [1.82, 2.24) is 9.97 Å². The fourth-order valence-electron chi connectivity index (χ4n) is 0.600. The second-order valence-electron chi connectivity index (χ2n) is 2.99. The fourth-order valence-corrected chi connectivity index (χ4v) is 0.600. The number of imidazole rings is 1. The van der Waals surface area contributed by atoms with Crippen molar-refractivity contribution >= 4 is 7.25 Å². The van der Waals surface area contributed by atoms with E-state index < -0.39 is 12.9 Å². The molecule has 0 atom stereocenters. The summed E-state index contributed by atoms with van der Waals surface area (Å²) in [5.74, 6) is 0.600. The van der Waals surface area contributed by atoms with E-state index in [0.29, 0.717) is 5.82 Å². The molecule has 0 spiro atoms. The minimum Gasteiger partial charge on any atom is -0.418 e. The van der Waals surface area contributed by atoms with E-state index >= 15 is 0 Å². The van der Waals surface area contributed by atoms with E-state index in [1.54, 1.807) is 26.2 Å². The molecule has 0 radical (unpaired) electrons. The first-order valence-corrected chi connectivity index (χ1v) is 3.70. The molecule has 2 N–H and O–H groups in total. The van der Waals surface area contributed by atoms with E-state index in [9.17, 15) is 22.4 Å². The van der Waals surface area contributed by atoms with E-state index in [-0.39, 0.29) is 0 Å². The lowest BCUT2D eigenvalue weighted by Crippen LogP contribution is -2.17. The standard InChI is InChI=1S/C6H10N2O.BF4/c1-6(2,9)5-7-3-4-8-5;2-1(3,4)5/h3-4,9H,1-2H3,(H,7,8);/q;-1. The van der Waals surface area contributed by atoms with Crippen molar-refractivity contribution in [3.8, 4) is 0 Å². The van der Waals surface area contributed by atoms with Crippen LogP contribution in [0.5, 0.6) is 0 Å². The summed E-state index contributed by atoms with van der Waals surface area (Å²) in [6, 6.07) is 0. The monoisotopic (exact) mass is 213 g/mol. The van der Waals surface area contributed by atoms with Gasteiger partial charge in [-0.3, -0.25) is 0 Å². The van der Waals surface area contributed by atoms with Crippen molar-refractivity contribution in [2.45, 2.75) is 19.4 Å². The molecule has 0 saturated carbocycles. The highest BCUT2D eigenvalue weighted by atomic mass is 19.5. The van der Waals surface area contributed by atoms with Crippen molar-refractivity contribution in [2.24, 2.45) is 0 Å². The molecule has 0 aromatic carbocycles. The summed E-state index contributed by atoms with van der Waals surface area (Å²) in [5, 5.41) is 9.28. The minimum absolute atomic E-state index is 0.600. The Balaban J connectivity index is 0.000000292. The number of rotatable bonds is 1. The van der Waals surface area contributed by atoms with Gasteiger partial charge in [0.25, 0.3) is 0 Å². The van der Waals surface area contributed by atoms with Crippen LogP contribution in [0, 0.1) is 0 Å². The van der Waals surface area contributed by atoms with Crippen LogP contribution in [0.2, 0.25) is 0 Å². The summed E-state index contributed by atoms with van der Waals surface area (Å²) in [6.07, 6.45) is 3.31. The Morgan fingerprint density at radius 2 is 1.79 bits per heavy atom. The van der Waals surface area contributed by atoms with Crippen molar-refractivity contribution in [1.29, 1.82) is 0 Å². The quantitative estimate of drug-likeness (QED) is 0.553. The number of aromatic amines is 1. The molecule has 0 fully saturated rings. The zero-order valence-electron chi connectivity index (χ0n) is 7.64. The summed E-state index contributed by atoms with van der Waals surface area (Å²) < 4.78 is 39.0. The number of H-pyrrole nitrogens is 1. The third-order valence-corrected chi connectivity index (χ3v) is 1.08. The normalized spacial score (nSPS) is 11.9. The van der Waals surface area contributed by atoms with Crippen molar-refractivity contribution in [3.63, 3.8) is 0 Å². The maximum atomic E-state index is 9.75. The molecular formula is C6H10BF4N2O-. The molecule has 1 aromatic heterocycles. The second kappa shape index (κ2) is 4.45. The van der Waals surface area contributed by atoms with Gasteiger partial charge >= 0.3 is 7.25 Å². The average molecular weight is 213 g/mol. The summed E-state index contributed by atoms with van der Waals surface area (Å²) in [6.45, 7) is 3.37. The van der Waals surface area contributed by atoms with E-state index in [4.69, 9.17) is 0 Å². The molecule has 0 aliphatic heterocycles. The first kappa shape index (κ1) is 13.0. The Hall–Kier alpha value is -1.05. The molecule has 82 valence electrons. The maximum Gasteiger partial charge on any atom is 0.673 e. The number of nitrogens with one attached hydrogen (secondary N) is 1. The number of aromatic nitrogens is 2. The fraction of sp³-hybridized carbons (Fsp3) is 0.500. The zero-order chi connectivity index (χ0) is 11.4. The van der Waals surface area contributed by atoms with E-state index in [1.807, 2.05) is 0 Å². The number of aliphatic hydroxyl groups is 1. The predicted octanol–water partition coefficient (Wildman–Crippen LogP) is 1.94. The molecule has 0 amide bonds. The van der Waals surface area contributed by atoms with Crippen molar-refractivity contribution in [2.75, 3.05) is 0 Å². The molecule has 0 aliphatic rings. The Morgan fingerprint density at radius 1 is 1.36 bits per heavy atom. The van der Waals surface area contributed by atoms with Gasteiger partial charge in [-0.25, -0.2) is 4.98 Å². The van der Waals surface area contributed by atoms with Crippen LogP contribution in [0.25, 0.3) is 0 Å². The third kappa shape index (κ3) is 7.60. The van der Waals surface area contributed by atoms with E-state index in [1.165, 1.54) is 0 Å². The highest BCUT2D eigenvalue weighted by molar-refractivity contribution is 6.50. The topological polar surface area (TPSA) is 48.9 Å². The molecule has 14 heavy (non-hydrogen) atoms. The van der Waals surface area contributed by atoms with Gasteiger partial charge in [0.1, 0.15) is 11.4 Å². The summed E-state index contributed by atoms with van der Waals surface area (Å²) in [7, 11) is -6.00. The van der Waals surface area contributed by atoms with Crippen LogP contribution in [-0.4, -0.2) is 22.3 Å². The SMILES string of the molecule is CC(C)(O)c1ncc[nH]1.F[B-](F)(F)F. The first-order valence-electron chi connectivity index (χ1n) is 3.70. The number of halogens is 4. The Bertz CT molecular complexity index is 248. The van der Waals surface area contributed by atoms with Crippen LogP contribution >= 0.6 is 0 Å². The van der Waals surface area contributed by atoms with Gasteiger partial charge in [0.15, 0.2) is 0 Å². The Kier molecular flexibility index (Phi) is 4.12. The van der Waals surface area contributed by atoms with Crippen LogP contribution < -0.4 is 0 Å². The number of nitrogens with zero attached hydrogens (tertiary/aromatic N) is 1. The molecule has 1 rings (SSSR count). The lowest BCUT2D eigenvalue weighted by atomic mass is 10.1. The molecule has 0 aliphatic carbocycles. The lowest BCUT2D eigenvalue weighted by molar-refractivity contribution is 0.0697. The molecule has 3 nitrogen and oxygen atoms in total. The Labute approximate surface area is 78.3 Å². The van der Waals surface area contributed by atoms with Crippen LogP contribution in [0.15, 0.2) is 12.4 Å². The minimum atomic E-state index is -6.00. The summed E-state index contributed by atoms with van der Waals surface area (Å²) >= 11 is 0. The van der Waals surface area contributed by atoms with Crippen LogP contribution in [0.1, 0.15) is 19.7 Å². The van der Waals surface area contributed by atoms with Gasteiger partial charge in [0.2, 0.25) is 0 Å². The molecule has 0 unspecified atom stereocenters. The summed E-state index contributed by atoms with van der Waals surface area (Å²) in [4.78, 5) is 6.70. The van der Waals surface area contributed by atoms with Gasteiger partial charge in [-0.2, -0.15) is 0 Å². The zero-order valence-corrected chi connectivity index (χ0v) is 7.64. The van der Waals surface area contributed by atoms with Gasteiger partial charge < -0.3 is 27.4 Å². The number of hydrogen-bond acceptors (Lipinski definition) is 2. The van der Waals surface area contributed by atoms with Gasteiger partial charge in [-0.15, -0.1) is 0 Å². The van der Waals surface area contributed by atoms with Crippen molar-refractivity contribution in [3.05, 3.63) is 18.2 Å². The molecule has 0 bridgehead atoms. The number of hydrogen-bond donors (Lipinski definition) is 2. The highest BCUT2D eigenvalue weighted by Crippen LogP contribution is 2.12. The van der Waals surface area contributed by atoms with Crippen LogP contribution in [0.4, 0.5) is 17.3 Å². The molecule has 8 heteroatoms.